The fourth-order valence-electron chi connectivity index (χ4n) is 3.63. The van der Waals surface area contributed by atoms with Crippen molar-refractivity contribution in [2.45, 2.75) is 37.9 Å². The molecule has 0 spiro atoms. The second-order valence-electron chi connectivity index (χ2n) is 7.71. The van der Waals surface area contributed by atoms with Crippen molar-refractivity contribution in [1.82, 2.24) is 15.1 Å². The molecule has 0 unspecified atom stereocenters. The summed E-state index contributed by atoms with van der Waals surface area (Å²) in [5.41, 5.74) is 0.130. The third kappa shape index (κ3) is 6.33. The number of carbonyl (C=O) groups excluding carboxylic acids is 1. The number of nitrogens with one attached hydrogen (secondary N) is 1. The van der Waals surface area contributed by atoms with Gasteiger partial charge >= 0.3 is 18.3 Å². The molecule has 11 heteroatoms. The lowest BCUT2D eigenvalue weighted by Gasteiger charge is -2.39. The summed E-state index contributed by atoms with van der Waals surface area (Å²) in [6.07, 6.45) is -7.32. The van der Waals surface area contributed by atoms with Crippen molar-refractivity contribution < 1.29 is 36.6 Å². The van der Waals surface area contributed by atoms with Crippen molar-refractivity contribution in [3.05, 3.63) is 71.0 Å². The molecule has 2 aromatic rings. The molecule has 1 fully saturated rings. The van der Waals surface area contributed by atoms with E-state index in [9.17, 15) is 31.5 Å². The molecule has 6 nitrogen and oxygen atoms in total. The smallest absolute Gasteiger partial charge is 0.416 e. The Balaban J connectivity index is 1.73. The van der Waals surface area contributed by atoms with Crippen LogP contribution in [0.15, 0.2) is 48.5 Å². The summed E-state index contributed by atoms with van der Waals surface area (Å²) in [7, 11) is 0. The van der Waals surface area contributed by atoms with Crippen molar-refractivity contribution in [3.8, 4) is 0 Å². The van der Waals surface area contributed by atoms with Gasteiger partial charge in [-0.25, -0.2) is 18.4 Å². The zero-order valence-electron chi connectivity index (χ0n) is 17.4. The van der Waals surface area contributed by atoms with Crippen molar-refractivity contribution >= 4 is 12.1 Å². The van der Waals surface area contributed by atoms with Crippen LogP contribution in [0.25, 0.3) is 0 Å². The highest BCUT2D eigenvalue weighted by molar-refractivity contribution is 5.75. The predicted molar refractivity (Wildman–Crippen MR) is 109 cm³/mol. The highest BCUT2D eigenvalue weighted by Crippen LogP contribution is 2.29. The topological polar surface area (TPSA) is 72.9 Å². The van der Waals surface area contributed by atoms with Crippen molar-refractivity contribution in [2.75, 3.05) is 13.1 Å². The Morgan fingerprint density at radius 1 is 1.06 bits per heavy atom. The Hall–Kier alpha value is -3.37. The van der Waals surface area contributed by atoms with Crippen molar-refractivity contribution in [2.24, 2.45) is 0 Å². The summed E-state index contributed by atoms with van der Waals surface area (Å²) >= 11 is 0. The normalized spacial score (nSPS) is 18.6. The lowest BCUT2D eigenvalue weighted by Crippen LogP contribution is -2.56. The fraction of sp³-hybridized carbons (Fsp3) is 0.364. The predicted octanol–water partition coefficient (Wildman–Crippen LogP) is 4.65. The first-order chi connectivity index (χ1) is 15.5. The number of amides is 3. The van der Waals surface area contributed by atoms with Gasteiger partial charge in [-0.05, 0) is 41.8 Å². The molecular weight excluding hydrogens is 449 g/mol. The Labute approximate surface area is 186 Å². The number of rotatable bonds is 5. The molecule has 0 aromatic heterocycles. The number of benzene rings is 2. The quantitative estimate of drug-likeness (QED) is 0.624. The second-order valence-corrected chi connectivity index (χ2v) is 7.71. The minimum Gasteiger partial charge on any atom is -0.465 e. The molecule has 0 radical (unpaired) electrons. The summed E-state index contributed by atoms with van der Waals surface area (Å²) < 4.78 is 66.3. The monoisotopic (exact) mass is 471 g/mol. The molecule has 2 aromatic carbocycles. The maximum absolute atomic E-state index is 14.9. The van der Waals surface area contributed by atoms with Crippen LogP contribution in [0.1, 0.15) is 23.1 Å². The minimum atomic E-state index is -4.48. The number of halogens is 5. The maximum Gasteiger partial charge on any atom is 0.416 e. The van der Waals surface area contributed by atoms with Crippen molar-refractivity contribution in [3.63, 3.8) is 0 Å². The molecule has 2 N–H and O–H groups in total. The Morgan fingerprint density at radius 2 is 1.67 bits per heavy atom. The lowest BCUT2D eigenvalue weighted by molar-refractivity contribution is -0.137. The van der Waals surface area contributed by atoms with Crippen LogP contribution in [0.4, 0.5) is 31.5 Å². The zero-order valence-corrected chi connectivity index (χ0v) is 17.4. The summed E-state index contributed by atoms with van der Waals surface area (Å²) in [5.74, 6) is -0.477. The lowest BCUT2D eigenvalue weighted by atomic mass is 10.0. The van der Waals surface area contributed by atoms with Crippen LogP contribution in [-0.4, -0.2) is 52.3 Å². The molecular formula is C22H22F5N3O3. The van der Waals surface area contributed by atoms with Gasteiger partial charge in [-0.15, -0.1) is 0 Å². The number of hydrogen-bond donors (Lipinski definition) is 2. The van der Waals surface area contributed by atoms with E-state index in [1.807, 2.05) is 0 Å². The van der Waals surface area contributed by atoms with E-state index in [2.05, 4.69) is 5.32 Å². The molecule has 0 aliphatic carbocycles. The average molecular weight is 471 g/mol. The fourth-order valence-corrected chi connectivity index (χ4v) is 3.63. The number of alkyl halides is 4. The molecule has 3 amide bonds. The van der Waals surface area contributed by atoms with E-state index in [4.69, 9.17) is 5.11 Å². The van der Waals surface area contributed by atoms with E-state index < -0.39 is 48.4 Å². The molecule has 0 saturated carbocycles. The van der Waals surface area contributed by atoms with E-state index in [0.29, 0.717) is 11.1 Å². The van der Waals surface area contributed by atoms with Crippen LogP contribution < -0.4 is 5.32 Å². The van der Waals surface area contributed by atoms with Gasteiger partial charge in [0.15, 0.2) is 0 Å². The van der Waals surface area contributed by atoms with E-state index in [1.165, 1.54) is 41.3 Å². The minimum absolute atomic E-state index is 0.0342. The van der Waals surface area contributed by atoms with Crippen LogP contribution in [0.2, 0.25) is 0 Å². The summed E-state index contributed by atoms with van der Waals surface area (Å²) in [6, 6.07) is 7.97. The van der Waals surface area contributed by atoms with Crippen LogP contribution in [0.5, 0.6) is 0 Å². The molecule has 3 rings (SSSR count). The van der Waals surface area contributed by atoms with Gasteiger partial charge in [0.2, 0.25) is 0 Å². The summed E-state index contributed by atoms with van der Waals surface area (Å²) in [5, 5.41) is 11.7. The van der Waals surface area contributed by atoms with Crippen LogP contribution >= 0.6 is 0 Å². The third-order valence-corrected chi connectivity index (χ3v) is 5.43. The van der Waals surface area contributed by atoms with Crippen LogP contribution in [0, 0.1) is 5.82 Å². The molecule has 33 heavy (non-hydrogen) atoms. The van der Waals surface area contributed by atoms with Gasteiger partial charge in [0.25, 0.3) is 0 Å². The third-order valence-electron chi connectivity index (χ3n) is 5.43. The SMILES string of the molecule is O=C(O)N1CC[C@H](N(Cc2ccc(F)cc2)C(=O)NCc2ccc(C(F)(F)F)cc2)[C@H](F)C1. The van der Waals surface area contributed by atoms with Crippen LogP contribution in [0.3, 0.4) is 0 Å². The van der Waals surface area contributed by atoms with Gasteiger partial charge in [-0.1, -0.05) is 24.3 Å². The Kier molecular flexibility index (Phi) is 7.39. The van der Waals surface area contributed by atoms with Gasteiger partial charge in [-0.2, -0.15) is 13.2 Å². The van der Waals surface area contributed by atoms with E-state index in [0.717, 1.165) is 17.0 Å². The largest absolute Gasteiger partial charge is 0.465 e. The molecule has 0 bridgehead atoms. The van der Waals surface area contributed by atoms with Crippen molar-refractivity contribution in [1.29, 1.82) is 0 Å². The molecule has 2 atom stereocenters. The zero-order chi connectivity index (χ0) is 24.2. The summed E-state index contributed by atoms with van der Waals surface area (Å²) in [6.45, 7) is -0.516. The van der Waals surface area contributed by atoms with Gasteiger partial charge < -0.3 is 20.2 Å². The van der Waals surface area contributed by atoms with Gasteiger partial charge in [0.05, 0.1) is 18.2 Å². The number of likely N-dealkylation sites (tertiary alicyclic amines) is 1. The van der Waals surface area contributed by atoms with E-state index in [-0.39, 0.29) is 26.1 Å². The number of piperidine rings is 1. The number of nitrogens with zero attached hydrogens (tertiary/aromatic N) is 2. The van der Waals surface area contributed by atoms with E-state index in [1.54, 1.807) is 0 Å². The second kappa shape index (κ2) is 10.1. The maximum atomic E-state index is 14.9. The molecule has 1 saturated heterocycles. The van der Waals surface area contributed by atoms with Gasteiger partial charge in [-0.3, -0.25) is 0 Å². The number of urea groups is 1. The van der Waals surface area contributed by atoms with E-state index >= 15 is 0 Å². The van der Waals surface area contributed by atoms with Gasteiger partial charge in [0, 0.05) is 19.6 Å². The molecule has 1 heterocycles. The average Bonchev–Trinajstić information content (AvgIpc) is 2.77. The molecule has 1 aliphatic heterocycles. The first kappa shape index (κ1) is 24.3. The number of hydrogen-bond acceptors (Lipinski definition) is 2. The van der Waals surface area contributed by atoms with Gasteiger partial charge in [0.1, 0.15) is 12.0 Å². The highest BCUT2D eigenvalue weighted by atomic mass is 19.4. The first-order valence-electron chi connectivity index (χ1n) is 10.1. The molecule has 178 valence electrons. The standard InChI is InChI=1S/C22H22F5N3O3/c23-17-7-3-15(4-8-17)12-30(19-9-10-29(21(32)33)13-18(19)24)20(31)28-11-14-1-5-16(6-2-14)22(25,26)27/h1-8,18-19H,9-13H2,(H,28,31)(H,32,33)/t18-,19+/m1/s1. The number of carboxylic acid groups (broad SMARTS) is 1. The first-order valence-corrected chi connectivity index (χ1v) is 10.1. The van der Waals surface area contributed by atoms with Crippen LogP contribution in [-0.2, 0) is 19.3 Å². The highest BCUT2D eigenvalue weighted by Gasteiger charge is 2.37. The molecule has 1 aliphatic rings. The Morgan fingerprint density at radius 3 is 2.21 bits per heavy atom. The number of carbonyl (C=O) groups is 2. The Bertz CT molecular complexity index is 967. The summed E-state index contributed by atoms with van der Waals surface area (Å²) in [4.78, 5) is 26.2.